The van der Waals surface area contributed by atoms with Gasteiger partial charge in [-0.2, -0.15) is 18.3 Å². The van der Waals surface area contributed by atoms with Crippen molar-refractivity contribution in [2.45, 2.75) is 43.9 Å². The highest BCUT2D eigenvalue weighted by Crippen LogP contribution is 2.45. The van der Waals surface area contributed by atoms with Gasteiger partial charge in [0.05, 0.1) is 28.7 Å². The number of benzene rings is 2. The molecule has 4 aromatic rings. The maximum Gasteiger partial charge on any atom is 0.453 e. The number of aryl methyl sites for hydroxylation is 1. The number of rotatable bonds is 3. The molecule has 2 aromatic heterocycles. The average molecular weight is 546 g/mol. The molecule has 2 bridgehead atoms. The number of nitrogens with zero attached hydrogens (tertiary/aromatic N) is 6. The Morgan fingerprint density at radius 2 is 1.74 bits per heavy atom. The van der Waals surface area contributed by atoms with E-state index in [9.17, 15) is 31.1 Å². The van der Waals surface area contributed by atoms with Gasteiger partial charge in [-0.05, 0) is 49.9 Å². The predicted molar refractivity (Wildman–Crippen MR) is 125 cm³/mol. The third-order valence-corrected chi connectivity index (χ3v) is 7.29. The van der Waals surface area contributed by atoms with Gasteiger partial charge in [0.25, 0.3) is 11.7 Å². The van der Waals surface area contributed by atoms with E-state index in [1.165, 1.54) is 16.8 Å². The average Bonchev–Trinajstić information content (AvgIpc) is 3.51. The Morgan fingerprint density at radius 1 is 1.03 bits per heavy atom. The molecule has 0 N–H and O–H groups in total. The fourth-order valence-electron chi connectivity index (χ4n) is 5.70. The highest BCUT2D eigenvalue weighted by molar-refractivity contribution is 5.98. The Hall–Kier alpha value is -4.16. The molecule has 0 radical (unpaired) electrons. The number of carbonyl (C=O) groups excluding carboxylic acids is 1. The first-order valence-corrected chi connectivity index (χ1v) is 12.2. The normalized spacial score (nSPS) is 18.8. The van der Waals surface area contributed by atoms with E-state index in [1.54, 1.807) is 24.1 Å². The lowest BCUT2D eigenvalue weighted by atomic mass is 9.81. The first-order chi connectivity index (χ1) is 18.5. The van der Waals surface area contributed by atoms with Gasteiger partial charge in [0, 0.05) is 24.2 Å². The number of hydrogen-bond acceptors (Lipinski definition) is 4. The standard InChI is InChI=1S/C26H20F6N6O/c1-36-23(13-9-17(27)21(29)18(28)10-13)16-11-14-5-4-8-20(22(16)34-36)38(14)24(39)15-6-2-3-7-19(15)37-12-33-25(35-37)26(30,31)32/h2-3,6-7,9-10,12,14,20H,4-5,8,11H2,1H3/t14-,20+/m1/s1. The van der Waals surface area contributed by atoms with Crippen LogP contribution < -0.4 is 0 Å². The number of amides is 1. The zero-order chi connectivity index (χ0) is 27.6. The summed E-state index contributed by atoms with van der Waals surface area (Å²) in [6, 6.07) is 7.29. The Kier molecular flexibility index (Phi) is 5.77. The van der Waals surface area contributed by atoms with Crippen LogP contribution in [-0.2, 0) is 19.6 Å². The minimum atomic E-state index is -4.74. The van der Waals surface area contributed by atoms with E-state index in [0.717, 1.165) is 35.1 Å². The molecular formula is C26H20F6N6O. The van der Waals surface area contributed by atoms with Gasteiger partial charge >= 0.3 is 6.18 Å². The molecule has 2 aliphatic heterocycles. The van der Waals surface area contributed by atoms with Gasteiger partial charge in [0.2, 0.25) is 0 Å². The second-order valence-corrected chi connectivity index (χ2v) is 9.63. The summed E-state index contributed by atoms with van der Waals surface area (Å²) >= 11 is 0. The van der Waals surface area contributed by atoms with Crippen molar-refractivity contribution in [2.75, 3.05) is 0 Å². The highest BCUT2D eigenvalue weighted by Gasteiger charge is 2.44. The Morgan fingerprint density at radius 3 is 2.44 bits per heavy atom. The second-order valence-electron chi connectivity index (χ2n) is 9.63. The van der Waals surface area contributed by atoms with Crippen LogP contribution in [0.3, 0.4) is 0 Å². The molecule has 2 aliphatic rings. The monoisotopic (exact) mass is 546 g/mol. The van der Waals surface area contributed by atoms with Crippen LogP contribution in [0.15, 0.2) is 42.7 Å². The molecule has 1 amide bonds. The number of hydrogen-bond donors (Lipinski definition) is 0. The summed E-state index contributed by atoms with van der Waals surface area (Å²) in [5.74, 6) is -5.91. The van der Waals surface area contributed by atoms with Crippen molar-refractivity contribution in [3.05, 3.63) is 82.8 Å². The van der Waals surface area contributed by atoms with Crippen LogP contribution in [-0.4, -0.2) is 41.4 Å². The topological polar surface area (TPSA) is 68.8 Å². The fourth-order valence-corrected chi connectivity index (χ4v) is 5.70. The van der Waals surface area contributed by atoms with Gasteiger partial charge in [-0.3, -0.25) is 9.48 Å². The minimum Gasteiger partial charge on any atom is -0.327 e. The molecule has 4 heterocycles. The first-order valence-electron chi connectivity index (χ1n) is 12.2. The molecule has 1 saturated heterocycles. The quantitative estimate of drug-likeness (QED) is 0.255. The molecule has 6 rings (SSSR count). The first kappa shape index (κ1) is 25.1. The third-order valence-electron chi connectivity index (χ3n) is 7.29. The van der Waals surface area contributed by atoms with Gasteiger partial charge in [0.1, 0.15) is 6.33 Å². The fraction of sp³-hybridized carbons (Fsp3) is 0.308. The zero-order valence-electron chi connectivity index (χ0n) is 20.4. The summed E-state index contributed by atoms with van der Waals surface area (Å²) < 4.78 is 83.4. The van der Waals surface area contributed by atoms with Crippen molar-refractivity contribution in [2.24, 2.45) is 7.05 Å². The molecule has 39 heavy (non-hydrogen) atoms. The van der Waals surface area contributed by atoms with Crippen LogP contribution in [0.2, 0.25) is 0 Å². The van der Waals surface area contributed by atoms with Crippen LogP contribution in [0, 0.1) is 17.5 Å². The maximum atomic E-state index is 14.1. The molecule has 0 spiro atoms. The number of halogens is 6. The Balaban J connectivity index is 1.40. The number of carbonyl (C=O) groups is 1. The molecule has 0 unspecified atom stereocenters. The van der Waals surface area contributed by atoms with Crippen LogP contribution >= 0.6 is 0 Å². The van der Waals surface area contributed by atoms with Crippen molar-refractivity contribution >= 4 is 5.91 Å². The Bertz CT molecular complexity index is 1590. The van der Waals surface area contributed by atoms with Gasteiger partial charge in [0.15, 0.2) is 17.5 Å². The van der Waals surface area contributed by atoms with Crippen molar-refractivity contribution in [3.8, 4) is 16.9 Å². The Labute approximate surface area is 217 Å². The second kappa shape index (κ2) is 8.95. The SMILES string of the molecule is Cn1nc2c(c1-c1cc(F)c(F)c(F)c1)C[C@H]1CCC[C@@H]2N1C(=O)c1ccccc1-n1cnc(C(F)(F)F)n1. The largest absolute Gasteiger partial charge is 0.453 e. The van der Waals surface area contributed by atoms with Gasteiger partial charge in [-0.15, -0.1) is 5.10 Å². The summed E-state index contributed by atoms with van der Waals surface area (Å²) in [4.78, 5) is 19.0. The number of fused-ring (bicyclic) bond motifs is 4. The summed E-state index contributed by atoms with van der Waals surface area (Å²) in [6.07, 6.45) is -1.46. The van der Waals surface area contributed by atoms with Crippen LogP contribution in [0.1, 0.15) is 52.7 Å². The van der Waals surface area contributed by atoms with Crippen molar-refractivity contribution in [1.82, 2.24) is 29.4 Å². The highest BCUT2D eigenvalue weighted by atomic mass is 19.4. The third kappa shape index (κ3) is 4.07. The van der Waals surface area contributed by atoms with Crippen molar-refractivity contribution in [1.29, 1.82) is 0 Å². The van der Waals surface area contributed by atoms with Gasteiger partial charge < -0.3 is 4.90 Å². The van der Waals surface area contributed by atoms with E-state index in [2.05, 4.69) is 15.2 Å². The summed E-state index contributed by atoms with van der Waals surface area (Å²) in [6.45, 7) is 0. The molecular weight excluding hydrogens is 526 g/mol. The van der Waals surface area contributed by atoms with Crippen molar-refractivity contribution in [3.63, 3.8) is 0 Å². The minimum absolute atomic E-state index is 0.137. The molecule has 2 aromatic carbocycles. The smallest absolute Gasteiger partial charge is 0.327 e. The van der Waals surface area contributed by atoms with Gasteiger partial charge in [-0.1, -0.05) is 12.1 Å². The molecule has 7 nitrogen and oxygen atoms in total. The summed E-state index contributed by atoms with van der Waals surface area (Å²) in [7, 11) is 1.61. The van der Waals surface area contributed by atoms with E-state index >= 15 is 0 Å². The van der Waals surface area contributed by atoms with Crippen LogP contribution in [0.4, 0.5) is 26.3 Å². The van der Waals surface area contributed by atoms with E-state index < -0.39 is 41.4 Å². The molecule has 0 saturated carbocycles. The zero-order valence-corrected chi connectivity index (χ0v) is 20.4. The van der Waals surface area contributed by atoms with E-state index in [-0.39, 0.29) is 22.9 Å². The predicted octanol–water partition coefficient (Wildman–Crippen LogP) is 5.40. The number of piperidine rings is 1. The molecule has 0 aliphatic carbocycles. The maximum absolute atomic E-state index is 14.1. The van der Waals surface area contributed by atoms with E-state index in [0.29, 0.717) is 30.7 Å². The summed E-state index contributed by atoms with van der Waals surface area (Å²) in [5.41, 5.74) is 2.16. The lowest BCUT2D eigenvalue weighted by molar-refractivity contribution is -0.144. The lowest BCUT2D eigenvalue weighted by Crippen LogP contribution is -2.50. The van der Waals surface area contributed by atoms with E-state index in [4.69, 9.17) is 0 Å². The number of aromatic nitrogens is 5. The van der Waals surface area contributed by atoms with Crippen molar-refractivity contribution < 1.29 is 31.1 Å². The molecule has 13 heteroatoms. The summed E-state index contributed by atoms with van der Waals surface area (Å²) in [5, 5.41) is 8.12. The van der Waals surface area contributed by atoms with E-state index in [1.807, 2.05) is 0 Å². The number of alkyl halides is 3. The molecule has 2 atom stereocenters. The number of para-hydroxylation sites is 1. The lowest BCUT2D eigenvalue weighted by Gasteiger charge is -2.45. The van der Waals surface area contributed by atoms with Crippen LogP contribution in [0.5, 0.6) is 0 Å². The molecule has 1 fully saturated rings. The van der Waals surface area contributed by atoms with Crippen LogP contribution in [0.25, 0.3) is 16.9 Å². The van der Waals surface area contributed by atoms with Gasteiger partial charge in [-0.25, -0.2) is 22.8 Å². The molecule has 202 valence electrons.